The molecule has 1 rings (SSSR count). The molecule has 0 aliphatic rings. The number of sulfonamides is 1. The predicted molar refractivity (Wildman–Crippen MR) is 55.3 cm³/mol. The van der Waals surface area contributed by atoms with Gasteiger partial charge in [0.15, 0.2) is 0 Å². The molecule has 0 amide bonds. The molecule has 1 aromatic heterocycles. The number of nitrogens with zero attached hydrogens (tertiary/aromatic N) is 2. The smallest absolute Gasteiger partial charge is 0.211 e. The summed E-state index contributed by atoms with van der Waals surface area (Å²) in [5.41, 5.74) is 0.750. The largest absolute Gasteiger partial charge is 0.260 e. The highest BCUT2D eigenvalue weighted by Gasteiger charge is 2.20. The summed E-state index contributed by atoms with van der Waals surface area (Å²) < 4.78 is 23.8. The molecular weight excluding hydrogens is 200 g/mol. The molecule has 0 aliphatic heterocycles. The molecule has 0 radical (unpaired) electrons. The highest BCUT2D eigenvalue weighted by Crippen LogP contribution is 2.17. The van der Waals surface area contributed by atoms with Gasteiger partial charge >= 0.3 is 0 Å². The second-order valence-corrected chi connectivity index (χ2v) is 5.25. The van der Waals surface area contributed by atoms with E-state index in [0.29, 0.717) is 0 Å². The van der Waals surface area contributed by atoms with Crippen molar-refractivity contribution in [2.24, 2.45) is 0 Å². The van der Waals surface area contributed by atoms with E-state index in [0.717, 1.165) is 5.69 Å². The van der Waals surface area contributed by atoms with Crippen molar-refractivity contribution in [1.82, 2.24) is 9.29 Å². The summed E-state index contributed by atoms with van der Waals surface area (Å²) >= 11 is 0. The average Bonchev–Trinajstić information content (AvgIpc) is 2.15. The monoisotopic (exact) mass is 214 g/mol. The maximum absolute atomic E-state index is 11.2. The zero-order chi connectivity index (χ0) is 10.8. The average molecular weight is 214 g/mol. The fraction of sp³-hybridized carbons (Fsp3) is 0.444. The minimum Gasteiger partial charge on any atom is -0.260 e. The van der Waals surface area contributed by atoms with E-state index in [1.807, 2.05) is 19.1 Å². The summed E-state index contributed by atoms with van der Waals surface area (Å²) in [6, 6.07) is 5.23. The van der Waals surface area contributed by atoms with Crippen molar-refractivity contribution in [1.29, 1.82) is 0 Å². The van der Waals surface area contributed by atoms with Crippen molar-refractivity contribution < 1.29 is 8.42 Å². The van der Waals surface area contributed by atoms with Gasteiger partial charge in [0, 0.05) is 13.2 Å². The molecule has 1 unspecified atom stereocenters. The minimum atomic E-state index is -3.16. The van der Waals surface area contributed by atoms with E-state index in [1.165, 1.54) is 10.6 Å². The molecule has 0 spiro atoms. The van der Waals surface area contributed by atoms with Crippen LogP contribution in [0.1, 0.15) is 18.7 Å². The van der Waals surface area contributed by atoms with Crippen molar-refractivity contribution in [3.63, 3.8) is 0 Å². The van der Waals surface area contributed by atoms with E-state index in [2.05, 4.69) is 4.98 Å². The van der Waals surface area contributed by atoms with Gasteiger partial charge in [-0.05, 0) is 19.1 Å². The fourth-order valence-electron chi connectivity index (χ4n) is 1.10. The van der Waals surface area contributed by atoms with Gasteiger partial charge in [0.05, 0.1) is 18.0 Å². The Morgan fingerprint density at radius 1 is 1.43 bits per heavy atom. The molecule has 0 saturated carbocycles. The summed E-state index contributed by atoms with van der Waals surface area (Å²) in [5.74, 6) is 0. The van der Waals surface area contributed by atoms with Crippen molar-refractivity contribution >= 4 is 10.0 Å². The third-order valence-corrected chi connectivity index (χ3v) is 3.55. The molecular formula is C9H14N2O2S. The lowest BCUT2D eigenvalue weighted by Gasteiger charge is -2.21. The number of hydrogen-bond donors (Lipinski definition) is 0. The Labute approximate surface area is 84.6 Å². The van der Waals surface area contributed by atoms with Crippen LogP contribution in [0.15, 0.2) is 24.4 Å². The van der Waals surface area contributed by atoms with Gasteiger partial charge in [-0.15, -0.1) is 0 Å². The van der Waals surface area contributed by atoms with Crippen LogP contribution in [0.5, 0.6) is 0 Å². The Balaban J connectivity index is 2.92. The van der Waals surface area contributed by atoms with Crippen molar-refractivity contribution in [3.8, 4) is 0 Å². The van der Waals surface area contributed by atoms with Gasteiger partial charge < -0.3 is 0 Å². The topological polar surface area (TPSA) is 50.3 Å². The van der Waals surface area contributed by atoms with E-state index < -0.39 is 10.0 Å². The third kappa shape index (κ3) is 2.52. The van der Waals surface area contributed by atoms with Crippen LogP contribution in [0.2, 0.25) is 0 Å². The van der Waals surface area contributed by atoms with E-state index in [1.54, 1.807) is 19.3 Å². The van der Waals surface area contributed by atoms with Crippen molar-refractivity contribution in [3.05, 3.63) is 30.1 Å². The summed E-state index contributed by atoms with van der Waals surface area (Å²) in [6.45, 7) is 1.81. The van der Waals surface area contributed by atoms with Gasteiger partial charge in [-0.2, -0.15) is 4.31 Å². The molecule has 5 heteroatoms. The molecule has 0 bridgehead atoms. The second kappa shape index (κ2) is 4.06. The van der Waals surface area contributed by atoms with Crippen LogP contribution < -0.4 is 0 Å². The standard InChI is InChI=1S/C9H14N2O2S/c1-8(11(2)14(3,12)13)9-6-4-5-7-10-9/h4-8H,1-3H3. The first-order valence-electron chi connectivity index (χ1n) is 4.27. The van der Waals surface area contributed by atoms with E-state index in [9.17, 15) is 8.42 Å². The third-order valence-electron chi connectivity index (χ3n) is 2.18. The lowest BCUT2D eigenvalue weighted by Crippen LogP contribution is -2.28. The Morgan fingerprint density at radius 2 is 2.07 bits per heavy atom. The summed E-state index contributed by atoms with van der Waals surface area (Å²) in [6.07, 6.45) is 2.84. The van der Waals surface area contributed by atoms with Crippen LogP contribution >= 0.6 is 0 Å². The van der Waals surface area contributed by atoms with Gasteiger partial charge in [-0.25, -0.2) is 8.42 Å². The maximum Gasteiger partial charge on any atom is 0.211 e. The molecule has 0 N–H and O–H groups in total. The summed E-state index contributed by atoms with van der Waals surface area (Å²) in [4.78, 5) is 4.11. The van der Waals surface area contributed by atoms with E-state index >= 15 is 0 Å². The first-order valence-corrected chi connectivity index (χ1v) is 6.11. The molecule has 0 fully saturated rings. The summed E-state index contributed by atoms with van der Waals surface area (Å²) in [7, 11) is -1.61. The van der Waals surface area contributed by atoms with Crippen LogP contribution in [-0.2, 0) is 10.0 Å². The Morgan fingerprint density at radius 3 is 2.50 bits per heavy atom. The van der Waals surface area contributed by atoms with Gasteiger partial charge in [0.1, 0.15) is 0 Å². The highest BCUT2D eigenvalue weighted by molar-refractivity contribution is 7.88. The molecule has 1 atom stereocenters. The molecule has 14 heavy (non-hydrogen) atoms. The normalized spacial score (nSPS) is 14.3. The molecule has 0 saturated heterocycles. The van der Waals surface area contributed by atoms with E-state index in [4.69, 9.17) is 0 Å². The lowest BCUT2D eigenvalue weighted by atomic mass is 10.2. The number of rotatable bonds is 3. The zero-order valence-electron chi connectivity index (χ0n) is 8.51. The molecule has 0 aromatic carbocycles. The van der Waals surface area contributed by atoms with Crippen LogP contribution in [0.3, 0.4) is 0 Å². The first kappa shape index (κ1) is 11.1. The minimum absolute atomic E-state index is 0.230. The van der Waals surface area contributed by atoms with Crippen LogP contribution in [-0.4, -0.2) is 31.0 Å². The molecule has 1 aromatic rings. The summed E-state index contributed by atoms with van der Waals surface area (Å²) in [5, 5.41) is 0. The Kier molecular flexibility index (Phi) is 3.23. The van der Waals surface area contributed by atoms with Crippen LogP contribution in [0.4, 0.5) is 0 Å². The molecule has 78 valence electrons. The van der Waals surface area contributed by atoms with Gasteiger partial charge in [-0.3, -0.25) is 4.98 Å². The Bertz CT molecular complexity index is 389. The van der Waals surface area contributed by atoms with Gasteiger partial charge in [0.25, 0.3) is 0 Å². The lowest BCUT2D eigenvalue weighted by molar-refractivity contribution is 0.395. The molecule has 4 nitrogen and oxygen atoms in total. The fourth-order valence-corrected chi connectivity index (χ4v) is 1.78. The van der Waals surface area contributed by atoms with Gasteiger partial charge in [-0.1, -0.05) is 6.07 Å². The highest BCUT2D eigenvalue weighted by atomic mass is 32.2. The van der Waals surface area contributed by atoms with Crippen molar-refractivity contribution in [2.75, 3.05) is 13.3 Å². The number of pyridine rings is 1. The second-order valence-electron chi connectivity index (χ2n) is 3.21. The number of hydrogen-bond acceptors (Lipinski definition) is 3. The molecule has 1 heterocycles. The van der Waals surface area contributed by atoms with Crippen molar-refractivity contribution in [2.45, 2.75) is 13.0 Å². The predicted octanol–water partition coefficient (Wildman–Crippen LogP) is 1.03. The SMILES string of the molecule is CC(c1ccccn1)N(C)S(C)(=O)=O. The number of aromatic nitrogens is 1. The van der Waals surface area contributed by atoms with E-state index in [-0.39, 0.29) is 6.04 Å². The zero-order valence-corrected chi connectivity index (χ0v) is 9.32. The first-order chi connectivity index (χ1) is 6.43. The van der Waals surface area contributed by atoms with Crippen LogP contribution in [0.25, 0.3) is 0 Å². The van der Waals surface area contributed by atoms with Crippen LogP contribution in [0, 0.1) is 0 Å². The maximum atomic E-state index is 11.2. The molecule has 0 aliphatic carbocycles. The quantitative estimate of drug-likeness (QED) is 0.755. The van der Waals surface area contributed by atoms with Gasteiger partial charge in [0.2, 0.25) is 10.0 Å². The Hall–Kier alpha value is -0.940.